The number of primary amides is 1. The van der Waals surface area contributed by atoms with Gasteiger partial charge in [-0.3, -0.25) is 9.80 Å². The maximum absolute atomic E-state index is 11.6. The summed E-state index contributed by atoms with van der Waals surface area (Å²) < 4.78 is 1.75. The molecule has 2 heterocycles. The number of nitrogens with two attached hydrogens (primary N) is 1. The van der Waals surface area contributed by atoms with Crippen LogP contribution < -0.4 is 5.73 Å². The third-order valence-electron chi connectivity index (χ3n) is 4.95. The van der Waals surface area contributed by atoms with Gasteiger partial charge in [-0.1, -0.05) is 24.3 Å². The topological polar surface area (TPSA) is 93.6 Å². The zero-order valence-corrected chi connectivity index (χ0v) is 14.2. The number of carbonyl (C=O) groups is 1. The Labute approximate surface area is 150 Å². The number of fused-ring (bicyclic) bond motifs is 1. The summed E-state index contributed by atoms with van der Waals surface area (Å²) >= 11 is 0. The summed E-state index contributed by atoms with van der Waals surface area (Å²) in [5.74, 6) is -0.171. The SMILES string of the molecule is NC(=O)c1cccc2cn(-c3ccc(C4CCCN(N=O)C4)cc3)nc12. The molecule has 4 rings (SSSR count). The number of aromatic nitrogens is 2. The van der Waals surface area contributed by atoms with Crippen LogP contribution in [0.25, 0.3) is 16.6 Å². The third kappa shape index (κ3) is 2.92. The maximum Gasteiger partial charge on any atom is 0.250 e. The van der Waals surface area contributed by atoms with Crippen molar-refractivity contribution in [2.75, 3.05) is 13.1 Å². The molecule has 132 valence electrons. The van der Waals surface area contributed by atoms with Crippen LogP contribution in [-0.2, 0) is 0 Å². The summed E-state index contributed by atoms with van der Waals surface area (Å²) in [6.07, 6.45) is 3.91. The number of nitroso groups, excluding NO2 is 1. The Kier molecular flexibility index (Phi) is 4.12. The Hall–Kier alpha value is -3.22. The van der Waals surface area contributed by atoms with Crippen molar-refractivity contribution in [2.24, 2.45) is 11.0 Å². The predicted octanol–water partition coefficient (Wildman–Crippen LogP) is 2.99. The summed E-state index contributed by atoms with van der Waals surface area (Å²) in [4.78, 5) is 22.3. The van der Waals surface area contributed by atoms with Crippen molar-refractivity contribution in [1.29, 1.82) is 0 Å². The molecule has 1 atom stereocenters. The van der Waals surface area contributed by atoms with Crippen LogP contribution in [-0.4, -0.2) is 33.8 Å². The summed E-state index contributed by atoms with van der Waals surface area (Å²) in [6.45, 7) is 1.40. The number of piperidine rings is 1. The molecular formula is C19H19N5O2. The van der Waals surface area contributed by atoms with Crippen molar-refractivity contribution in [3.05, 3.63) is 64.7 Å². The number of rotatable bonds is 4. The monoisotopic (exact) mass is 349 g/mol. The highest BCUT2D eigenvalue weighted by Gasteiger charge is 2.21. The molecule has 1 amide bonds. The lowest BCUT2D eigenvalue weighted by molar-refractivity contribution is 0.100. The van der Waals surface area contributed by atoms with Crippen molar-refractivity contribution in [3.63, 3.8) is 0 Å². The predicted molar refractivity (Wildman–Crippen MR) is 98.9 cm³/mol. The van der Waals surface area contributed by atoms with Gasteiger partial charge in [-0.2, -0.15) is 5.10 Å². The van der Waals surface area contributed by atoms with Crippen LogP contribution in [0.3, 0.4) is 0 Å². The molecule has 0 saturated carbocycles. The Morgan fingerprint density at radius 3 is 2.73 bits per heavy atom. The molecule has 1 saturated heterocycles. The Morgan fingerprint density at radius 2 is 2.00 bits per heavy atom. The van der Waals surface area contributed by atoms with E-state index >= 15 is 0 Å². The molecule has 0 spiro atoms. The number of amides is 1. The molecule has 1 aliphatic heterocycles. The zero-order chi connectivity index (χ0) is 18.1. The van der Waals surface area contributed by atoms with Crippen molar-refractivity contribution < 1.29 is 4.79 Å². The summed E-state index contributed by atoms with van der Waals surface area (Å²) in [7, 11) is 0. The van der Waals surface area contributed by atoms with Crippen molar-refractivity contribution in [1.82, 2.24) is 14.8 Å². The molecule has 3 aromatic rings. The molecule has 0 aliphatic carbocycles. The van der Waals surface area contributed by atoms with Crippen molar-refractivity contribution in [3.8, 4) is 5.69 Å². The van der Waals surface area contributed by atoms with Crippen LogP contribution in [0, 0.1) is 4.91 Å². The average molecular weight is 349 g/mol. The molecule has 26 heavy (non-hydrogen) atoms. The summed E-state index contributed by atoms with van der Waals surface area (Å²) in [5, 5.41) is 10.0. The van der Waals surface area contributed by atoms with Gasteiger partial charge in [0.05, 0.1) is 16.5 Å². The van der Waals surface area contributed by atoms with Crippen LogP contribution >= 0.6 is 0 Å². The van der Waals surface area contributed by atoms with E-state index in [4.69, 9.17) is 5.73 Å². The second-order valence-electron chi connectivity index (χ2n) is 6.61. The third-order valence-corrected chi connectivity index (χ3v) is 4.95. The van der Waals surface area contributed by atoms with Gasteiger partial charge in [0.1, 0.15) is 5.52 Å². The smallest absolute Gasteiger partial charge is 0.250 e. The lowest BCUT2D eigenvalue weighted by atomic mass is 9.91. The quantitative estimate of drug-likeness (QED) is 0.733. The Balaban J connectivity index is 1.63. The normalized spacial score (nSPS) is 17.4. The number of carbonyl (C=O) groups excluding carboxylic acids is 1. The maximum atomic E-state index is 11.6. The second kappa shape index (κ2) is 6.59. The minimum Gasteiger partial charge on any atom is -0.366 e. The fourth-order valence-corrected chi connectivity index (χ4v) is 3.58. The molecule has 2 N–H and O–H groups in total. The largest absolute Gasteiger partial charge is 0.366 e. The van der Waals surface area contributed by atoms with Gasteiger partial charge in [0.2, 0.25) is 0 Å². The van der Waals surface area contributed by atoms with Gasteiger partial charge in [-0.05, 0) is 36.6 Å². The van der Waals surface area contributed by atoms with Crippen molar-refractivity contribution >= 4 is 16.8 Å². The molecule has 1 unspecified atom stereocenters. The number of hydrogen-bond acceptors (Lipinski definition) is 4. The Morgan fingerprint density at radius 1 is 1.19 bits per heavy atom. The van der Waals surface area contributed by atoms with Gasteiger partial charge < -0.3 is 5.73 Å². The van der Waals surface area contributed by atoms with Crippen LogP contribution in [0.15, 0.2) is 53.9 Å². The first kappa shape index (κ1) is 16.3. The highest BCUT2D eigenvalue weighted by Crippen LogP contribution is 2.28. The summed E-state index contributed by atoms with van der Waals surface area (Å²) in [5.41, 5.74) is 8.55. The van der Waals surface area contributed by atoms with E-state index in [0.717, 1.165) is 30.5 Å². The van der Waals surface area contributed by atoms with Gasteiger partial charge in [-0.25, -0.2) is 4.68 Å². The molecule has 0 bridgehead atoms. The molecule has 7 nitrogen and oxygen atoms in total. The van der Waals surface area contributed by atoms with Crippen LogP contribution in [0.1, 0.15) is 34.7 Å². The molecule has 1 aliphatic rings. The van der Waals surface area contributed by atoms with E-state index in [0.29, 0.717) is 23.5 Å². The minimum absolute atomic E-state index is 0.314. The lowest BCUT2D eigenvalue weighted by Crippen LogP contribution is -2.29. The van der Waals surface area contributed by atoms with Crippen molar-refractivity contribution in [2.45, 2.75) is 18.8 Å². The van der Waals surface area contributed by atoms with E-state index in [-0.39, 0.29) is 0 Å². The first-order valence-corrected chi connectivity index (χ1v) is 8.62. The standard InChI is InChI=1S/C19H19N5O2/c20-19(25)17-5-1-3-15-12-24(21-18(15)17)16-8-6-13(7-9-16)14-4-2-10-23(11-14)22-26/h1,3,5-9,12,14H,2,4,10-11H2,(H2,20,25). The minimum atomic E-state index is -0.484. The van der Waals surface area contributed by atoms with Crippen LogP contribution in [0.2, 0.25) is 0 Å². The average Bonchev–Trinajstić information content (AvgIpc) is 3.12. The highest BCUT2D eigenvalue weighted by atomic mass is 16.3. The number of benzene rings is 2. The molecule has 7 heteroatoms. The van der Waals surface area contributed by atoms with Gasteiger partial charge >= 0.3 is 0 Å². The van der Waals surface area contributed by atoms with Gasteiger partial charge in [-0.15, -0.1) is 4.91 Å². The summed E-state index contributed by atoms with van der Waals surface area (Å²) in [6, 6.07) is 13.5. The number of nitrogens with zero attached hydrogens (tertiary/aromatic N) is 4. The first-order valence-electron chi connectivity index (χ1n) is 8.62. The lowest BCUT2D eigenvalue weighted by Gasteiger charge is -2.28. The van der Waals surface area contributed by atoms with E-state index < -0.39 is 5.91 Å². The molecule has 1 aromatic heterocycles. The molecule has 2 aromatic carbocycles. The number of hydrogen-bond donors (Lipinski definition) is 1. The van der Waals surface area contributed by atoms with E-state index in [1.54, 1.807) is 21.8 Å². The second-order valence-corrected chi connectivity index (χ2v) is 6.61. The fourth-order valence-electron chi connectivity index (χ4n) is 3.58. The molecule has 0 radical (unpaired) electrons. The van der Waals surface area contributed by atoms with E-state index in [2.05, 4.69) is 22.5 Å². The van der Waals surface area contributed by atoms with E-state index in [9.17, 15) is 9.70 Å². The molecular weight excluding hydrogens is 330 g/mol. The van der Waals surface area contributed by atoms with Crippen LogP contribution in [0.4, 0.5) is 0 Å². The van der Waals surface area contributed by atoms with Gasteiger partial charge in [0.25, 0.3) is 5.91 Å². The fraction of sp³-hybridized carbons (Fsp3) is 0.263. The van der Waals surface area contributed by atoms with Gasteiger partial charge in [0.15, 0.2) is 0 Å². The van der Waals surface area contributed by atoms with Crippen LogP contribution in [0.5, 0.6) is 0 Å². The first-order chi connectivity index (χ1) is 12.7. The van der Waals surface area contributed by atoms with E-state index in [1.165, 1.54) is 5.56 Å². The van der Waals surface area contributed by atoms with E-state index in [1.807, 2.05) is 24.4 Å². The van der Waals surface area contributed by atoms with Gasteiger partial charge in [0, 0.05) is 30.6 Å². The zero-order valence-electron chi connectivity index (χ0n) is 14.2. The Bertz CT molecular complexity index is 964. The molecule has 1 fully saturated rings. The highest BCUT2D eigenvalue weighted by molar-refractivity contribution is 6.04.